The Kier molecular flexibility index (Phi) is 11.1. The normalized spacial score (nSPS) is 11.7. The van der Waals surface area contributed by atoms with Crippen molar-refractivity contribution in [3.05, 3.63) is 160 Å². The van der Waals surface area contributed by atoms with Crippen LogP contribution in [0.25, 0.3) is 6.08 Å². The molecule has 9 heteroatoms. The van der Waals surface area contributed by atoms with Crippen LogP contribution in [0, 0.1) is 6.92 Å². The van der Waals surface area contributed by atoms with Crippen LogP contribution in [0.2, 0.25) is 5.02 Å². The Hall–Kier alpha value is -5.31. The molecule has 0 bridgehead atoms. The van der Waals surface area contributed by atoms with Crippen LogP contribution in [-0.4, -0.2) is 24.8 Å². The summed E-state index contributed by atoms with van der Waals surface area (Å²) in [5.74, 6) is -0.479. The van der Waals surface area contributed by atoms with E-state index in [0.29, 0.717) is 33.3 Å². The highest BCUT2D eigenvalue weighted by Crippen LogP contribution is 2.38. The van der Waals surface area contributed by atoms with Crippen LogP contribution in [0.3, 0.4) is 0 Å². The predicted molar refractivity (Wildman–Crippen MR) is 190 cm³/mol. The molecular formula is C38H32ClN3O4S. The SMILES string of the molecule is COc1ccc(/C=C(/NC(=O)c2ccccc2)C(=O)Nc2cccc(SC(C(=O)Nc3cccc(Cl)c3C)c3ccccc3)c2)cc1. The molecule has 0 aromatic heterocycles. The van der Waals surface area contributed by atoms with E-state index in [4.69, 9.17) is 16.3 Å². The first-order valence-corrected chi connectivity index (χ1v) is 16.0. The van der Waals surface area contributed by atoms with Gasteiger partial charge in [-0.15, -0.1) is 11.8 Å². The summed E-state index contributed by atoms with van der Waals surface area (Å²) in [6.45, 7) is 1.86. The number of ether oxygens (including phenoxy) is 1. The van der Waals surface area contributed by atoms with Crippen molar-refractivity contribution >= 4 is 58.5 Å². The predicted octanol–water partition coefficient (Wildman–Crippen LogP) is 8.54. The van der Waals surface area contributed by atoms with Crippen molar-refractivity contribution in [2.24, 2.45) is 0 Å². The molecule has 0 saturated heterocycles. The third-order valence-corrected chi connectivity index (χ3v) is 8.82. The minimum atomic E-state index is -0.601. The average Bonchev–Trinajstić information content (AvgIpc) is 3.10. The number of anilines is 2. The van der Waals surface area contributed by atoms with Crippen molar-refractivity contribution in [3.63, 3.8) is 0 Å². The zero-order valence-corrected chi connectivity index (χ0v) is 27.3. The molecule has 0 radical (unpaired) electrons. The van der Waals surface area contributed by atoms with Gasteiger partial charge in [-0.1, -0.05) is 84.4 Å². The third-order valence-electron chi connectivity index (χ3n) is 7.17. The van der Waals surface area contributed by atoms with Gasteiger partial charge in [-0.05, 0) is 84.3 Å². The number of rotatable bonds is 11. The van der Waals surface area contributed by atoms with Gasteiger partial charge in [-0.25, -0.2) is 0 Å². The summed E-state index contributed by atoms with van der Waals surface area (Å²) in [4.78, 5) is 41.1. The highest BCUT2D eigenvalue weighted by Gasteiger charge is 2.23. The summed E-state index contributed by atoms with van der Waals surface area (Å²) in [7, 11) is 1.57. The molecule has 0 fully saturated rings. The fourth-order valence-corrected chi connectivity index (χ4v) is 5.89. The molecule has 0 heterocycles. The summed E-state index contributed by atoms with van der Waals surface area (Å²) in [6.07, 6.45) is 1.60. The van der Waals surface area contributed by atoms with E-state index in [9.17, 15) is 14.4 Å². The van der Waals surface area contributed by atoms with Crippen LogP contribution in [0.5, 0.6) is 5.75 Å². The molecule has 47 heavy (non-hydrogen) atoms. The maximum absolute atomic E-state index is 13.7. The molecule has 0 saturated carbocycles. The first kappa shape index (κ1) is 33.1. The average molecular weight is 662 g/mol. The van der Waals surface area contributed by atoms with Gasteiger partial charge in [0.1, 0.15) is 16.7 Å². The van der Waals surface area contributed by atoms with Crippen LogP contribution in [-0.2, 0) is 9.59 Å². The van der Waals surface area contributed by atoms with Crippen LogP contribution >= 0.6 is 23.4 Å². The van der Waals surface area contributed by atoms with E-state index < -0.39 is 17.1 Å². The summed E-state index contributed by atoms with van der Waals surface area (Å²) >= 11 is 7.65. The maximum Gasteiger partial charge on any atom is 0.272 e. The minimum Gasteiger partial charge on any atom is -0.497 e. The molecule has 1 atom stereocenters. The molecule has 5 aromatic carbocycles. The van der Waals surface area contributed by atoms with Gasteiger partial charge in [0.25, 0.3) is 11.8 Å². The highest BCUT2D eigenvalue weighted by atomic mass is 35.5. The minimum absolute atomic E-state index is 0.0560. The zero-order chi connectivity index (χ0) is 33.2. The Bertz CT molecular complexity index is 1900. The van der Waals surface area contributed by atoms with E-state index >= 15 is 0 Å². The second-order valence-electron chi connectivity index (χ2n) is 10.4. The number of carbonyl (C=O) groups is 3. The van der Waals surface area contributed by atoms with E-state index in [2.05, 4.69) is 16.0 Å². The van der Waals surface area contributed by atoms with E-state index in [1.165, 1.54) is 11.8 Å². The zero-order valence-electron chi connectivity index (χ0n) is 25.7. The molecule has 0 aliphatic carbocycles. The monoisotopic (exact) mass is 661 g/mol. The highest BCUT2D eigenvalue weighted by molar-refractivity contribution is 8.00. The fourth-order valence-electron chi connectivity index (χ4n) is 4.63. The number of amides is 3. The maximum atomic E-state index is 13.7. The molecule has 0 spiro atoms. The Balaban J connectivity index is 1.38. The number of nitrogens with one attached hydrogen (secondary N) is 3. The molecule has 236 valence electrons. The molecule has 5 rings (SSSR count). The lowest BCUT2D eigenvalue weighted by molar-refractivity contribution is -0.116. The largest absolute Gasteiger partial charge is 0.497 e. The van der Waals surface area contributed by atoms with Crippen molar-refractivity contribution in [1.82, 2.24) is 5.32 Å². The molecule has 3 N–H and O–H groups in total. The summed E-state index contributed by atoms with van der Waals surface area (Å²) in [5, 5.41) is 8.65. The third kappa shape index (κ3) is 8.91. The first-order chi connectivity index (χ1) is 22.8. The van der Waals surface area contributed by atoms with Crippen LogP contribution in [0.15, 0.2) is 138 Å². The lowest BCUT2D eigenvalue weighted by atomic mass is 10.1. The van der Waals surface area contributed by atoms with Crippen LogP contribution in [0.4, 0.5) is 11.4 Å². The van der Waals surface area contributed by atoms with Gasteiger partial charge in [0, 0.05) is 26.9 Å². The summed E-state index contributed by atoms with van der Waals surface area (Å²) < 4.78 is 5.24. The van der Waals surface area contributed by atoms with Gasteiger partial charge >= 0.3 is 0 Å². The Labute approximate surface area is 283 Å². The summed E-state index contributed by atoms with van der Waals surface area (Å²) in [6, 6.07) is 37.9. The lowest BCUT2D eigenvalue weighted by Crippen LogP contribution is -2.30. The molecule has 1 unspecified atom stereocenters. The van der Waals surface area contributed by atoms with Gasteiger partial charge in [0.15, 0.2) is 0 Å². The van der Waals surface area contributed by atoms with E-state index in [0.717, 1.165) is 16.0 Å². The van der Waals surface area contributed by atoms with Gasteiger partial charge in [-0.2, -0.15) is 0 Å². The number of hydrogen-bond donors (Lipinski definition) is 3. The quantitative estimate of drug-likeness (QED) is 0.0974. The van der Waals surface area contributed by atoms with E-state index in [1.807, 2.05) is 55.5 Å². The second kappa shape index (κ2) is 15.8. The topological polar surface area (TPSA) is 96.5 Å². The molecule has 0 aliphatic rings. The van der Waals surface area contributed by atoms with Gasteiger partial charge in [0.2, 0.25) is 5.91 Å². The Morgan fingerprint density at radius 1 is 0.787 bits per heavy atom. The molecule has 7 nitrogen and oxygen atoms in total. The molecule has 0 aliphatic heterocycles. The van der Waals surface area contributed by atoms with E-state index in [1.54, 1.807) is 92.0 Å². The molecular weight excluding hydrogens is 630 g/mol. The smallest absolute Gasteiger partial charge is 0.272 e. The lowest BCUT2D eigenvalue weighted by Gasteiger charge is -2.19. The van der Waals surface area contributed by atoms with E-state index in [-0.39, 0.29) is 11.6 Å². The number of hydrogen-bond acceptors (Lipinski definition) is 5. The fraction of sp³-hybridized carbons (Fsp3) is 0.0789. The van der Waals surface area contributed by atoms with Crippen molar-refractivity contribution in [2.75, 3.05) is 17.7 Å². The molecule has 5 aromatic rings. The number of carbonyl (C=O) groups excluding carboxylic acids is 3. The number of thioether (sulfide) groups is 1. The Morgan fingerprint density at radius 3 is 2.17 bits per heavy atom. The van der Waals surface area contributed by atoms with Crippen molar-refractivity contribution in [1.29, 1.82) is 0 Å². The van der Waals surface area contributed by atoms with Gasteiger partial charge in [0.05, 0.1) is 7.11 Å². The standard InChI is InChI=1S/C38H32ClN3O4S/c1-25-32(39)17-10-18-33(25)41-38(45)35(27-11-5-3-6-12-27)47-31-16-9-15-29(24-31)40-37(44)34(23-26-19-21-30(46-2)22-20-26)42-36(43)28-13-7-4-8-14-28/h3-24,35H,1-2H3,(H,40,44)(H,41,45)(H,42,43)/b34-23+. The number of methoxy groups -OCH3 is 1. The first-order valence-electron chi connectivity index (χ1n) is 14.7. The number of halogens is 1. The Morgan fingerprint density at radius 2 is 1.47 bits per heavy atom. The van der Waals surface area contributed by atoms with Crippen LogP contribution in [0.1, 0.15) is 32.3 Å². The summed E-state index contributed by atoms with van der Waals surface area (Å²) in [5.41, 5.74) is 3.89. The van der Waals surface area contributed by atoms with Gasteiger partial charge in [-0.3, -0.25) is 14.4 Å². The van der Waals surface area contributed by atoms with Crippen LogP contribution < -0.4 is 20.7 Å². The van der Waals surface area contributed by atoms with Crippen molar-refractivity contribution < 1.29 is 19.1 Å². The van der Waals surface area contributed by atoms with Crippen molar-refractivity contribution in [3.8, 4) is 5.75 Å². The molecule has 3 amide bonds. The van der Waals surface area contributed by atoms with Crippen molar-refractivity contribution in [2.45, 2.75) is 17.1 Å². The second-order valence-corrected chi connectivity index (χ2v) is 12.0. The number of benzene rings is 5. The van der Waals surface area contributed by atoms with Gasteiger partial charge < -0.3 is 20.7 Å².